The molecular formula is C13H19IN2. The van der Waals surface area contributed by atoms with Crippen LogP contribution >= 0.6 is 22.6 Å². The van der Waals surface area contributed by atoms with Crippen molar-refractivity contribution in [2.24, 2.45) is 0 Å². The van der Waals surface area contributed by atoms with Gasteiger partial charge in [-0.1, -0.05) is 13.0 Å². The number of benzene rings is 1. The van der Waals surface area contributed by atoms with Gasteiger partial charge in [-0.3, -0.25) is 0 Å². The standard InChI is InChI=1S/C13H19IN2/c1-3-15-6-8-16(9-7-15)12-5-4-11(2)13(14)10-12/h4-5,10H,3,6-9H2,1-2H3. The molecule has 0 saturated carbocycles. The first kappa shape index (κ1) is 12.2. The van der Waals surface area contributed by atoms with Crippen LogP contribution in [0.5, 0.6) is 0 Å². The summed E-state index contributed by atoms with van der Waals surface area (Å²) in [5, 5.41) is 0. The summed E-state index contributed by atoms with van der Waals surface area (Å²) in [7, 11) is 0. The molecule has 0 amide bonds. The first-order valence-corrected chi connectivity index (χ1v) is 7.02. The van der Waals surface area contributed by atoms with Crippen LogP contribution in [0.3, 0.4) is 0 Å². The van der Waals surface area contributed by atoms with Gasteiger partial charge < -0.3 is 9.80 Å². The molecule has 88 valence electrons. The molecule has 1 heterocycles. The van der Waals surface area contributed by atoms with E-state index in [1.165, 1.54) is 34.5 Å². The van der Waals surface area contributed by atoms with Crippen molar-refractivity contribution in [2.75, 3.05) is 37.6 Å². The van der Waals surface area contributed by atoms with Crippen LogP contribution in [0.2, 0.25) is 0 Å². The lowest BCUT2D eigenvalue weighted by atomic mass is 10.2. The molecule has 0 spiro atoms. The first-order chi connectivity index (χ1) is 7.70. The Labute approximate surface area is 112 Å². The van der Waals surface area contributed by atoms with Crippen LogP contribution in [0.4, 0.5) is 5.69 Å². The molecule has 0 radical (unpaired) electrons. The van der Waals surface area contributed by atoms with E-state index in [1.807, 2.05) is 0 Å². The Kier molecular flexibility index (Phi) is 4.08. The number of aryl methyl sites for hydroxylation is 1. The van der Waals surface area contributed by atoms with Crippen LogP contribution in [0.15, 0.2) is 18.2 Å². The highest BCUT2D eigenvalue weighted by molar-refractivity contribution is 14.1. The van der Waals surface area contributed by atoms with E-state index in [4.69, 9.17) is 0 Å². The van der Waals surface area contributed by atoms with Crippen molar-refractivity contribution in [1.82, 2.24) is 4.90 Å². The number of anilines is 1. The lowest BCUT2D eigenvalue weighted by Gasteiger charge is -2.35. The topological polar surface area (TPSA) is 6.48 Å². The molecule has 3 heteroatoms. The Hall–Kier alpha value is -0.290. The highest BCUT2D eigenvalue weighted by Crippen LogP contribution is 2.21. The zero-order chi connectivity index (χ0) is 11.5. The maximum atomic E-state index is 2.51. The van der Waals surface area contributed by atoms with Crippen LogP contribution < -0.4 is 4.90 Å². The van der Waals surface area contributed by atoms with Gasteiger partial charge in [0.15, 0.2) is 0 Å². The molecule has 0 unspecified atom stereocenters. The van der Waals surface area contributed by atoms with Crippen molar-refractivity contribution in [3.05, 3.63) is 27.3 Å². The number of halogens is 1. The molecule has 1 aromatic rings. The van der Waals surface area contributed by atoms with Gasteiger partial charge in [-0.2, -0.15) is 0 Å². The lowest BCUT2D eigenvalue weighted by molar-refractivity contribution is 0.271. The lowest BCUT2D eigenvalue weighted by Crippen LogP contribution is -2.46. The van der Waals surface area contributed by atoms with E-state index >= 15 is 0 Å². The van der Waals surface area contributed by atoms with Gasteiger partial charge in [-0.25, -0.2) is 0 Å². The summed E-state index contributed by atoms with van der Waals surface area (Å²) in [4.78, 5) is 5.00. The monoisotopic (exact) mass is 330 g/mol. The number of piperazine rings is 1. The van der Waals surface area contributed by atoms with Crippen molar-refractivity contribution in [1.29, 1.82) is 0 Å². The van der Waals surface area contributed by atoms with Crippen LogP contribution in [0, 0.1) is 10.5 Å². The molecule has 0 aliphatic carbocycles. The summed E-state index contributed by atoms with van der Waals surface area (Å²) in [6.45, 7) is 10.3. The third-order valence-corrected chi connectivity index (χ3v) is 4.50. The van der Waals surface area contributed by atoms with Gasteiger partial charge in [0.05, 0.1) is 0 Å². The van der Waals surface area contributed by atoms with Gasteiger partial charge in [-0.15, -0.1) is 0 Å². The largest absolute Gasteiger partial charge is 0.369 e. The molecule has 0 N–H and O–H groups in total. The van der Waals surface area contributed by atoms with Crippen LogP contribution in [0.25, 0.3) is 0 Å². The minimum absolute atomic E-state index is 1.16. The second kappa shape index (κ2) is 5.36. The maximum Gasteiger partial charge on any atom is 0.0377 e. The summed E-state index contributed by atoms with van der Waals surface area (Å²) >= 11 is 2.42. The third-order valence-electron chi connectivity index (χ3n) is 3.34. The molecule has 0 aromatic heterocycles. The fraction of sp³-hybridized carbons (Fsp3) is 0.538. The predicted octanol–water partition coefficient (Wildman–Crippen LogP) is 2.74. The van der Waals surface area contributed by atoms with Gasteiger partial charge in [0.1, 0.15) is 0 Å². The number of hydrogen-bond donors (Lipinski definition) is 0. The van der Waals surface area contributed by atoms with Gasteiger partial charge in [0, 0.05) is 35.4 Å². The number of nitrogens with zero attached hydrogens (tertiary/aromatic N) is 2. The quantitative estimate of drug-likeness (QED) is 0.770. The predicted molar refractivity (Wildman–Crippen MR) is 78.2 cm³/mol. The molecule has 2 rings (SSSR count). The molecule has 1 fully saturated rings. The molecular weight excluding hydrogens is 311 g/mol. The second-order valence-corrected chi connectivity index (χ2v) is 5.52. The third kappa shape index (κ3) is 2.69. The van der Waals surface area contributed by atoms with E-state index < -0.39 is 0 Å². The van der Waals surface area contributed by atoms with Crippen LogP contribution in [-0.2, 0) is 0 Å². The fourth-order valence-corrected chi connectivity index (χ4v) is 2.60. The van der Waals surface area contributed by atoms with Gasteiger partial charge in [0.25, 0.3) is 0 Å². The summed E-state index contributed by atoms with van der Waals surface area (Å²) in [5.74, 6) is 0. The Morgan fingerprint density at radius 2 is 1.88 bits per heavy atom. The molecule has 1 aliphatic rings. The average molecular weight is 330 g/mol. The number of rotatable bonds is 2. The SMILES string of the molecule is CCN1CCN(c2ccc(C)c(I)c2)CC1. The van der Waals surface area contributed by atoms with E-state index in [1.54, 1.807) is 0 Å². The molecule has 0 atom stereocenters. The molecule has 1 aromatic carbocycles. The van der Waals surface area contributed by atoms with E-state index in [-0.39, 0.29) is 0 Å². The Morgan fingerprint density at radius 3 is 2.44 bits per heavy atom. The summed E-state index contributed by atoms with van der Waals surface area (Å²) in [6.07, 6.45) is 0. The van der Waals surface area contributed by atoms with Gasteiger partial charge in [0.2, 0.25) is 0 Å². The fourth-order valence-electron chi connectivity index (χ4n) is 2.10. The highest BCUT2D eigenvalue weighted by Gasteiger charge is 2.15. The zero-order valence-corrected chi connectivity index (χ0v) is 12.2. The van der Waals surface area contributed by atoms with Gasteiger partial charge >= 0.3 is 0 Å². The zero-order valence-electron chi connectivity index (χ0n) is 10.0. The normalized spacial score (nSPS) is 17.8. The molecule has 0 bridgehead atoms. The van der Waals surface area contributed by atoms with Crippen molar-refractivity contribution in [2.45, 2.75) is 13.8 Å². The minimum atomic E-state index is 1.16. The molecule has 16 heavy (non-hydrogen) atoms. The Bertz CT molecular complexity index is 357. The number of likely N-dealkylation sites (N-methyl/N-ethyl adjacent to an activating group) is 1. The number of hydrogen-bond acceptors (Lipinski definition) is 2. The summed E-state index contributed by atoms with van der Waals surface area (Å²) in [6, 6.07) is 6.78. The van der Waals surface area contributed by atoms with E-state index in [0.717, 1.165) is 13.1 Å². The smallest absolute Gasteiger partial charge is 0.0377 e. The Balaban J connectivity index is 2.05. The minimum Gasteiger partial charge on any atom is -0.369 e. The first-order valence-electron chi connectivity index (χ1n) is 5.94. The van der Waals surface area contributed by atoms with Gasteiger partial charge in [-0.05, 0) is 53.8 Å². The van der Waals surface area contributed by atoms with Crippen molar-refractivity contribution in [3.63, 3.8) is 0 Å². The second-order valence-electron chi connectivity index (χ2n) is 4.35. The van der Waals surface area contributed by atoms with E-state index in [0.29, 0.717) is 0 Å². The average Bonchev–Trinajstić information content (AvgIpc) is 2.33. The van der Waals surface area contributed by atoms with Crippen molar-refractivity contribution < 1.29 is 0 Å². The van der Waals surface area contributed by atoms with Crippen molar-refractivity contribution in [3.8, 4) is 0 Å². The highest BCUT2D eigenvalue weighted by atomic mass is 127. The molecule has 1 saturated heterocycles. The summed E-state index contributed by atoms with van der Waals surface area (Å²) < 4.78 is 1.37. The maximum absolute atomic E-state index is 2.51. The summed E-state index contributed by atoms with van der Waals surface area (Å²) in [5.41, 5.74) is 2.75. The molecule has 1 aliphatic heterocycles. The Morgan fingerprint density at radius 1 is 1.19 bits per heavy atom. The van der Waals surface area contributed by atoms with E-state index in [2.05, 4.69) is 64.4 Å². The van der Waals surface area contributed by atoms with Crippen LogP contribution in [0.1, 0.15) is 12.5 Å². The van der Waals surface area contributed by atoms with Crippen molar-refractivity contribution >= 4 is 28.3 Å². The van der Waals surface area contributed by atoms with Crippen LogP contribution in [-0.4, -0.2) is 37.6 Å². The van der Waals surface area contributed by atoms with E-state index in [9.17, 15) is 0 Å². The molecule has 2 nitrogen and oxygen atoms in total.